The van der Waals surface area contributed by atoms with Crippen molar-refractivity contribution in [1.29, 1.82) is 0 Å². The lowest BCUT2D eigenvalue weighted by Gasteiger charge is -2.30. The molecule has 1 aliphatic rings. The highest BCUT2D eigenvalue weighted by Crippen LogP contribution is 2.18. The number of rotatable bonds is 4. The Morgan fingerprint density at radius 2 is 2.00 bits per heavy atom. The number of carbonyl (C=O) groups is 2. The van der Waals surface area contributed by atoms with Gasteiger partial charge in [-0.15, -0.1) is 0 Å². The summed E-state index contributed by atoms with van der Waals surface area (Å²) in [6.07, 6.45) is 6.74. The minimum Gasteiger partial charge on any atom is -0.352 e. The van der Waals surface area contributed by atoms with Crippen molar-refractivity contribution in [2.75, 3.05) is 13.1 Å². The second kappa shape index (κ2) is 7.88. The Bertz CT molecular complexity index is 723. The summed E-state index contributed by atoms with van der Waals surface area (Å²) < 4.78 is 0. The van der Waals surface area contributed by atoms with Crippen molar-refractivity contribution in [3.05, 3.63) is 48.4 Å². The highest BCUT2D eigenvalue weighted by Gasteiger charge is 2.25. The van der Waals surface area contributed by atoms with Crippen LogP contribution in [0.1, 0.15) is 25.3 Å². The van der Waals surface area contributed by atoms with E-state index in [1.807, 2.05) is 24.3 Å². The van der Waals surface area contributed by atoms with Gasteiger partial charge in [0.2, 0.25) is 11.8 Å². The van der Waals surface area contributed by atoms with E-state index in [9.17, 15) is 9.59 Å². The van der Waals surface area contributed by atoms with E-state index in [-0.39, 0.29) is 17.7 Å². The fourth-order valence-corrected chi connectivity index (χ4v) is 3.00. The number of aromatic nitrogens is 2. The molecule has 0 aromatic carbocycles. The molecule has 25 heavy (non-hydrogen) atoms. The SMILES string of the molecule is CC(=O)N1CCC(C(=O)NCc2ccc(-c3cccnc3)nc2)CC1. The van der Waals surface area contributed by atoms with Gasteiger partial charge < -0.3 is 10.2 Å². The van der Waals surface area contributed by atoms with Gasteiger partial charge in [-0.3, -0.25) is 19.6 Å². The van der Waals surface area contributed by atoms with Crippen LogP contribution in [-0.2, 0) is 16.1 Å². The summed E-state index contributed by atoms with van der Waals surface area (Å²) in [7, 11) is 0. The summed E-state index contributed by atoms with van der Waals surface area (Å²) in [5.74, 6) is 0.122. The lowest BCUT2D eigenvalue weighted by molar-refractivity contribution is -0.134. The first-order valence-electron chi connectivity index (χ1n) is 8.52. The number of carbonyl (C=O) groups excluding carboxylic acids is 2. The van der Waals surface area contributed by atoms with Crippen molar-refractivity contribution < 1.29 is 9.59 Å². The fourth-order valence-electron chi connectivity index (χ4n) is 3.00. The number of piperidine rings is 1. The van der Waals surface area contributed by atoms with Gasteiger partial charge in [-0.25, -0.2) is 0 Å². The molecule has 0 atom stereocenters. The van der Waals surface area contributed by atoms with E-state index in [1.165, 1.54) is 0 Å². The molecule has 1 saturated heterocycles. The third kappa shape index (κ3) is 4.41. The molecule has 0 saturated carbocycles. The lowest BCUT2D eigenvalue weighted by Crippen LogP contribution is -2.42. The maximum Gasteiger partial charge on any atom is 0.223 e. The van der Waals surface area contributed by atoms with Crippen LogP contribution in [0, 0.1) is 5.92 Å². The Kier molecular flexibility index (Phi) is 5.38. The second-order valence-electron chi connectivity index (χ2n) is 6.29. The van der Waals surface area contributed by atoms with Gasteiger partial charge in [-0.1, -0.05) is 6.07 Å². The summed E-state index contributed by atoms with van der Waals surface area (Å²) >= 11 is 0. The number of pyridine rings is 2. The quantitative estimate of drug-likeness (QED) is 0.925. The molecular formula is C19H22N4O2. The zero-order valence-electron chi connectivity index (χ0n) is 14.3. The summed E-state index contributed by atoms with van der Waals surface area (Å²) in [5, 5.41) is 2.98. The van der Waals surface area contributed by atoms with Crippen LogP contribution in [0.4, 0.5) is 0 Å². The molecule has 0 radical (unpaired) electrons. The predicted molar refractivity (Wildman–Crippen MR) is 94.3 cm³/mol. The molecule has 130 valence electrons. The zero-order valence-corrected chi connectivity index (χ0v) is 14.3. The number of hydrogen-bond donors (Lipinski definition) is 1. The van der Waals surface area contributed by atoms with Crippen LogP contribution in [0.15, 0.2) is 42.9 Å². The van der Waals surface area contributed by atoms with Gasteiger partial charge in [0, 0.05) is 56.6 Å². The minimum atomic E-state index is -0.0155. The molecule has 2 amide bonds. The van der Waals surface area contributed by atoms with Crippen LogP contribution < -0.4 is 5.32 Å². The maximum absolute atomic E-state index is 12.3. The van der Waals surface area contributed by atoms with Crippen molar-refractivity contribution in [1.82, 2.24) is 20.2 Å². The molecule has 0 spiro atoms. The molecule has 0 aliphatic carbocycles. The van der Waals surface area contributed by atoms with Crippen molar-refractivity contribution in [3.63, 3.8) is 0 Å². The van der Waals surface area contributed by atoms with Gasteiger partial charge in [0.05, 0.1) is 5.69 Å². The highest BCUT2D eigenvalue weighted by atomic mass is 16.2. The van der Waals surface area contributed by atoms with E-state index in [2.05, 4.69) is 15.3 Å². The van der Waals surface area contributed by atoms with E-state index in [0.717, 1.165) is 29.7 Å². The Hall–Kier alpha value is -2.76. The van der Waals surface area contributed by atoms with Crippen molar-refractivity contribution in [2.45, 2.75) is 26.3 Å². The number of amides is 2. The van der Waals surface area contributed by atoms with Crippen LogP contribution in [0.2, 0.25) is 0 Å². The molecule has 2 aromatic rings. The highest BCUT2D eigenvalue weighted by molar-refractivity contribution is 5.79. The summed E-state index contributed by atoms with van der Waals surface area (Å²) in [6, 6.07) is 7.74. The van der Waals surface area contributed by atoms with Crippen molar-refractivity contribution >= 4 is 11.8 Å². The third-order valence-corrected chi connectivity index (χ3v) is 4.56. The van der Waals surface area contributed by atoms with Gasteiger partial charge >= 0.3 is 0 Å². The van der Waals surface area contributed by atoms with E-state index in [4.69, 9.17) is 0 Å². The monoisotopic (exact) mass is 338 g/mol. The molecule has 1 N–H and O–H groups in total. The fraction of sp³-hybridized carbons (Fsp3) is 0.368. The first-order valence-corrected chi connectivity index (χ1v) is 8.52. The number of hydrogen-bond acceptors (Lipinski definition) is 4. The van der Waals surface area contributed by atoms with E-state index in [0.29, 0.717) is 19.6 Å². The smallest absolute Gasteiger partial charge is 0.223 e. The van der Waals surface area contributed by atoms with Crippen LogP contribution in [0.25, 0.3) is 11.3 Å². The Balaban J connectivity index is 1.50. The van der Waals surface area contributed by atoms with Gasteiger partial charge in [0.1, 0.15) is 0 Å². The zero-order chi connectivity index (χ0) is 17.6. The summed E-state index contributed by atoms with van der Waals surface area (Å²) in [6.45, 7) is 3.36. The Labute approximate surface area is 147 Å². The predicted octanol–water partition coefficient (Wildman–Crippen LogP) is 2.02. The number of likely N-dealkylation sites (tertiary alicyclic amines) is 1. The molecular weight excluding hydrogens is 316 g/mol. The van der Waals surface area contributed by atoms with Crippen LogP contribution in [-0.4, -0.2) is 39.8 Å². The molecule has 1 fully saturated rings. The summed E-state index contributed by atoms with van der Waals surface area (Å²) in [4.78, 5) is 33.9. The molecule has 3 rings (SSSR count). The number of nitrogens with one attached hydrogen (secondary N) is 1. The minimum absolute atomic E-state index is 0.0155. The van der Waals surface area contributed by atoms with Gasteiger partial charge in [0.25, 0.3) is 0 Å². The molecule has 0 bridgehead atoms. The molecule has 3 heterocycles. The molecule has 2 aromatic heterocycles. The number of nitrogens with zero attached hydrogens (tertiary/aromatic N) is 3. The Morgan fingerprint density at radius 1 is 1.20 bits per heavy atom. The topological polar surface area (TPSA) is 75.2 Å². The van der Waals surface area contributed by atoms with Crippen LogP contribution in [0.3, 0.4) is 0 Å². The molecule has 1 aliphatic heterocycles. The first kappa shape index (κ1) is 17.1. The van der Waals surface area contributed by atoms with Crippen molar-refractivity contribution in [3.8, 4) is 11.3 Å². The Morgan fingerprint density at radius 3 is 2.60 bits per heavy atom. The van der Waals surface area contributed by atoms with Crippen molar-refractivity contribution in [2.24, 2.45) is 5.92 Å². The van der Waals surface area contributed by atoms with Crippen LogP contribution in [0.5, 0.6) is 0 Å². The van der Waals surface area contributed by atoms with Gasteiger partial charge in [-0.05, 0) is 36.6 Å². The molecule has 6 heteroatoms. The third-order valence-electron chi connectivity index (χ3n) is 4.56. The molecule has 6 nitrogen and oxygen atoms in total. The van der Waals surface area contributed by atoms with E-state index >= 15 is 0 Å². The maximum atomic E-state index is 12.3. The van der Waals surface area contributed by atoms with E-state index < -0.39 is 0 Å². The van der Waals surface area contributed by atoms with E-state index in [1.54, 1.807) is 30.4 Å². The average Bonchev–Trinajstić information content (AvgIpc) is 2.67. The lowest BCUT2D eigenvalue weighted by atomic mass is 9.96. The first-order chi connectivity index (χ1) is 12.1. The largest absolute Gasteiger partial charge is 0.352 e. The normalized spacial score (nSPS) is 15.0. The van der Waals surface area contributed by atoms with Crippen LogP contribution >= 0.6 is 0 Å². The molecule has 0 unspecified atom stereocenters. The average molecular weight is 338 g/mol. The standard InChI is InChI=1S/C19H22N4O2/c1-14(24)23-9-6-16(7-10-23)19(25)22-12-15-4-5-18(21-11-15)17-3-2-8-20-13-17/h2-5,8,11,13,16H,6-7,9-10,12H2,1H3,(H,22,25). The van der Waals surface area contributed by atoms with Gasteiger partial charge in [-0.2, -0.15) is 0 Å². The summed E-state index contributed by atoms with van der Waals surface area (Å²) in [5.41, 5.74) is 2.79. The second-order valence-corrected chi connectivity index (χ2v) is 6.29. The van der Waals surface area contributed by atoms with Gasteiger partial charge in [0.15, 0.2) is 0 Å².